The van der Waals surface area contributed by atoms with Gasteiger partial charge in [-0.1, -0.05) is 0 Å². The molecule has 3 heterocycles. The number of carbonyl (C=O) groups excluding carboxylic acids is 2. The van der Waals surface area contributed by atoms with Crippen molar-refractivity contribution in [2.45, 2.75) is 33.1 Å². The number of nitrogens with one attached hydrogen (secondary N) is 3. The van der Waals surface area contributed by atoms with Crippen molar-refractivity contribution < 1.29 is 9.59 Å². The van der Waals surface area contributed by atoms with E-state index in [0.29, 0.717) is 17.8 Å². The minimum absolute atomic E-state index is 0.162. The smallest absolute Gasteiger partial charge is 0.251 e. The van der Waals surface area contributed by atoms with Crippen LogP contribution in [0.15, 0.2) is 30.5 Å². The molecule has 29 heavy (non-hydrogen) atoms. The molecule has 3 aromatic rings. The lowest BCUT2D eigenvalue weighted by Crippen LogP contribution is -2.24. The van der Waals surface area contributed by atoms with E-state index >= 15 is 0 Å². The maximum atomic E-state index is 12.7. The van der Waals surface area contributed by atoms with Crippen LogP contribution in [0.1, 0.15) is 42.1 Å². The first kappa shape index (κ1) is 18.9. The van der Waals surface area contributed by atoms with Crippen molar-refractivity contribution in [1.29, 1.82) is 0 Å². The number of aromatic nitrogens is 3. The summed E-state index contributed by atoms with van der Waals surface area (Å²) in [5.74, 6) is 0.430. The number of imidazole rings is 1. The van der Waals surface area contributed by atoms with E-state index in [9.17, 15) is 9.59 Å². The highest BCUT2D eigenvalue weighted by molar-refractivity contribution is 5.98. The second-order valence-corrected chi connectivity index (χ2v) is 7.32. The average Bonchev–Trinajstić information content (AvgIpc) is 3.10. The van der Waals surface area contributed by atoms with E-state index < -0.39 is 0 Å². The molecule has 150 valence electrons. The molecule has 0 fully saturated rings. The molecule has 1 aromatic carbocycles. The first-order valence-corrected chi connectivity index (χ1v) is 9.82. The van der Waals surface area contributed by atoms with Crippen molar-refractivity contribution in [3.63, 3.8) is 0 Å². The van der Waals surface area contributed by atoms with Crippen molar-refractivity contribution in [2.75, 3.05) is 23.7 Å². The molecule has 0 atom stereocenters. The Morgan fingerprint density at radius 1 is 1.07 bits per heavy atom. The van der Waals surface area contributed by atoms with E-state index in [0.717, 1.165) is 54.1 Å². The molecule has 0 spiro atoms. The predicted octanol–water partition coefficient (Wildman–Crippen LogP) is 2.99. The van der Waals surface area contributed by atoms with Gasteiger partial charge in [0.1, 0.15) is 5.82 Å². The minimum Gasteiger partial charge on any atom is -0.369 e. The number of benzene rings is 1. The molecule has 2 aromatic heterocycles. The highest BCUT2D eigenvalue weighted by atomic mass is 16.2. The molecule has 0 unspecified atom stereocenters. The zero-order chi connectivity index (χ0) is 20.4. The summed E-state index contributed by atoms with van der Waals surface area (Å²) in [6.45, 7) is 4.87. The van der Waals surface area contributed by atoms with Crippen LogP contribution in [-0.4, -0.2) is 39.5 Å². The van der Waals surface area contributed by atoms with Crippen LogP contribution in [0.4, 0.5) is 11.5 Å². The topological polar surface area (TPSA) is 100 Å². The van der Waals surface area contributed by atoms with Gasteiger partial charge in [0.15, 0.2) is 5.65 Å². The Morgan fingerprint density at radius 2 is 1.83 bits per heavy atom. The van der Waals surface area contributed by atoms with Crippen molar-refractivity contribution >= 4 is 29.0 Å². The van der Waals surface area contributed by atoms with Crippen LogP contribution in [0.3, 0.4) is 0 Å². The first-order valence-electron chi connectivity index (χ1n) is 9.82. The number of fused-ring (bicyclic) bond motifs is 4. The predicted molar refractivity (Wildman–Crippen MR) is 112 cm³/mol. The number of carbonyl (C=O) groups is 2. The number of aryl methyl sites for hydroxylation is 1. The van der Waals surface area contributed by atoms with Gasteiger partial charge in [-0.15, -0.1) is 5.10 Å². The Labute approximate surface area is 168 Å². The zero-order valence-electron chi connectivity index (χ0n) is 16.6. The van der Waals surface area contributed by atoms with Crippen molar-refractivity contribution in [3.05, 3.63) is 41.6 Å². The molecule has 0 saturated carbocycles. The number of nitrogens with zero attached hydrogens (tertiary/aromatic N) is 3. The molecular formula is C21H24N6O2. The van der Waals surface area contributed by atoms with Gasteiger partial charge in [-0.25, -0.2) is 9.50 Å². The molecular weight excluding hydrogens is 368 g/mol. The summed E-state index contributed by atoms with van der Waals surface area (Å²) in [5, 5.41) is 13.8. The van der Waals surface area contributed by atoms with Gasteiger partial charge in [-0.2, -0.15) is 0 Å². The number of amides is 2. The number of hydrogen-bond donors (Lipinski definition) is 3. The van der Waals surface area contributed by atoms with E-state index in [1.165, 1.54) is 6.92 Å². The van der Waals surface area contributed by atoms with E-state index in [1.807, 2.05) is 19.1 Å². The maximum absolute atomic E-state index is 12.7. The van der Waals surface area contributed by atoms with Crippen LogP contribution in [0, 0.1) is 6.92 Å². The summed E-state index contributed by atoms with van der Waals surface area (Å²) in [6, 6.07) is 7.32. The van der Waals surface area contributed by atoms with Gasteiger partial charge in [-0.05, 0) is 56.0 Å². The lowest BCUT2D eigenvalue weighted by molar-refractivity contribution is -0.114. The van der Waals surface area contributed by atoms with Crippen LogP contribution in [-0.2, 0) is 4.79 Å². The standard InChI is InChI=1S/C21H24N6O2/c1-13-8-19-22-6-4-3-5-7-23-21(29)16-9-15(10-17(11-16)25-14(2)28)18-12-24-20(13)27(18)26-19/h8-12H,3-7H2,1-2H3,(H,22,26)(H,23,29)(H,25,28). The zero-order valence-corrected chi connectivity index (χ0v) is 16.6. The van der Waals surface area contributed by atoms with Gasteiger partial charge < -0.3 is 16.0 Å². The summed E-state index contributed by atoms with van der Waals surface area (Å²) >= 11 is 0. The number of rotatable bonds is 1. The lowest BCUT2D eigenvalue weighted by atomic mass is 10.1. The van der Waals surface area contributed by atoms with Gasteiger partial charge in [0.05, 0.1) is 11.9 Å². The Morgan fingerprint density at radius 3 is 2.62 bits per heavy atom. The molecule has 4 bridgehead atoms. The summed E-state index contributed by atoms with van der Waals surface area (Å²) < 4.78 is 1.78. The largest absolute Gasteiger partial charge is 0.369 e. The molecule has 1 aliphatic rings. The molecule has 3 N–H and O–H groups in total. The van der Waals surface area contributed by atoms with Crippen LogP contribution < -0.4 is 16.0 Å². The lowest BCUT2D eigenvalue weighted by Gasteiger charge is -2.11. The van der Waals surface area contributed by atoms with Gasteiger partial charge in [-0.3, -0.25) is 9.59 Å². The summed E-state index contributed by atoms with van der Waals surface area (Å²) in [4.78, 5) is 28.8. The van der Waals surface area contributed by atoms with Gasteiger partial charge >= 0.3 is 0 Å². The fraction of sp³-hybridized carbons (Fsp3) is 0.333. The van der Waals surface area contributed by atoms with Crippen LogP contribution in [0.5, 0.6) is 0 Å². The SMILES string of the molecule is CC(=O)Nc1cc2cc(c1)-c1cnc3c(C)cc(nn13)NCCCCCNC2=O. The van der Waals surface area contributed by atoms with Gasteiger partial charge in [0, 0.05) is 36.8 Å². The molecule has 0 radical (unpaired) electrons. The average molecular weight is 392 g/mol. The molecule has 0 saturated heterocycles. The summed E-state index contributed by atoms with van der Waals surface area (Å²) in [7, 11) is 0. The highest BCUT2D eigenvalue weighted by Gasteiger charge is 2.15. The monoisotopic (exact) mass is 392 g/mol. The van der Waals surface area contributed by atoms with Gasteiger partial charge in [0.2, 0.25) is 5.91 Å². The summed E-state index contributed by atoms with van der Waals surface area (Å²) in [5.41, 5.74) is 4.32. The van der Waals surface area contributed by atoms with Crippen molar-refractivity contribution in [2.24, 2.45) is 0 Å². The fourth-order valence-electron chi connectivity index (χ4n) is 3.53. The Kier molecular flexibility index (Phi) is 5.16. The molecule has 1 aliphatic heterocycles. The third-order valence-electron chi connectivity index (χ3n) is 4.91. The number of hydrogen-bond acceptors (Lipinski definition) is 5. The second kappa shape index (κ2) is 7.90. The molecule has 2 amide bonds. The molecule has 8 heteroatoms. The third-order valence-corrected chi connectivity index (χ3v) is 4.91. The number of anilines is 2. The normalized spacial score (nSPS) is 14.6. The van der Waals surface area contributed by atoms with Gasteiger partial charge in [0.25, 0.3) is 5.91 Å². The van der Waals surface area contributed by atoms with Crippen LogP contribution in [0.2, 0.25) is 0 Å². The maximum Gasteiger partial charge on any atom is 0.251 e. The molecule has 4 rings (SSSR count). The van der Waals surface area contributed by atoms with E-state index in [4.69, 9.17) is 5.10 Å². The van der Waals surface area contributed by atoms with E-state index in [1.54, 1.807) is 22.8 Å². The quantitative estimate of drug-likeness (QED) is 0.591. The minimum atomic E-state index is -0.196. The Balaban J connectivity index is 1.89. The van der Waals surface area contributed by atoms with Crippen LogP contribution in [0.25, 0.3) is 16.9 Å². The fourth-order valence-corrected chi connectivity index (χ4v) is 3.53. The first-order chi connectivity index (χ1) is 14.0. The summed E-state index contributed by atoms with van der Waals surface area (Å²) in [6.07, 6.45) is 4.64. The molecule has 8 nitrogen and oxygen atoms in total. The Bertz CT molecular complexity index is 1090. The van der Waals surface area contributed by atoms with E-state index in [2.05, 4.69) is 20.9 Å². The molecule has 0 aliphatic carbocycles. The van der Waals surface area contributed by atoms with E-state index in [-0.39, 0.29) is 11.8 Å². The van der Waals surface area contributed by atoms with Crippen molar-refractivity contribution in [1.82, 2.24) is 19.9 Å². The van der Waals surface area contributed by atoms with Crippen molar-refractivity contribution in [3.8, 4) is 11.3 Å². The highest BCUT2D eigenvalue weighted by Crippen LogP contribution is 2.27. The Hall–Kier alpha value is -3.42. The third kappa shape index (κ3) is 4.06. The second-order valence-electron chi connectivity index (χ2n) is 7.32. The van der Waals surface area contributed by atoms with Crippen LogP contribution >= 0.6 is 0 Å².